The van der Waals surface area contributed by atoms with E-state index in [1.54, 1.807) is 18.1 Å². The van der Waals surface area contributed by atoms with E-state index in [2.05, 4.69) is 0 Å². The van der Waals surface area contributed by atoms with Crippen LogP contribution in [-0.2, 0) is 0 Å². The number of aliphatic hydroxyl groups excluding tert-OH is 1. The van der Waals surface area contributed by atoms with Crippen LogP contribution in [0.1, 0.15) is 34.1 Å². The number of nitrogens with zero attached hydrogens (tertiary/aromatic N) is 1. The van der Waals surface area contributed by atoms with Gasteiger partial charge in [0.1, 0.15) is 5.75 Å². The number of ether oxygens (including phenoxy) is 1. The van der Waals surface area contributed by atoms with Gasteiger partial charge in [-0.3, -0.25) is 4.79 Å². The van der Waals surface area contributed by atoms with Crippen molar-refractivity contribution in [3.63, 3.8) is 0 Å². The van der Waals surface area contributed by atoms with Crippen molar-refractivity contribution < 1.29 is 19.1 Å². The smallest absolute Gasteiger partial charge is 0.290 e. The van der Waals surface area contributed by atoms with Gasteiger partial charge >= 0.3 is 0 Å². The molecule has 1 aromatic heterocycles. The zero-order chi connectivity index (χ0) is 15.7. The maximum atomic E-state index is 12.7. The maximum absolute atomic E-state index is 12.7. The SMILES string of the molecule is COc1cccc([C@H]2C[C@H](O)CN2C(=O)c2occc2C)c1. The van der Waals surface area contributed by atoms with Crippen LogP contribution in [0.2, 0.25) is 0 Å². The van der Waals surface area contributed by atoms with E-state index in [-0.39, 0.29) is 11.9 Å². The lowest BCUT2D eigenvalue weighted by atomic mass is 10.0. The number of carbonyl (C=O) groups excluding carboxylic acids is 1. The molecule has 1 saturated heterocycles. The molecule has 22 heavy (non-hydrogen) atoms. The quantitative estimate of drug-likeness (QED) is 0.946. The maximum Gasteiger partial charge on any atom is 0.290 e. The largest absolute Gasteiger partial charge is 0.497 e. The molecular weight excluding hydrogens is 282 g/mol. The van der Waals surface area contributed by atoms with Gasteiger partial charge < -0.3 is 19.2 Å². The minimum absolute atomic E-state index is 0.179. The summed E-state index contributed by atoms with van der Waals surface area (Å²) in [5.74, 6) is 0.884. The van der Waals surface area contributed by atoms with E-state index in [4.69, 9.17) is 9.15 Å². The van der Waals surface area contributed by atoms with Crippen LogP contribution >= 0.6 is 0 Å². The fourth-order valence-corrected chi connectivity index (χ4v) is 2.93. The molecule has 0 bridgehead atoms. The van der Waals surface area contributed by atoms with E-state index in [0.29, 0.717) is 18.7 Å². The second-order valence-electron chi connectivity index (χ2n) is 5.57. The minimum atomic E-state index is -0.532. The van der Waals surface area contributed by atoms with Crippen LogP contribution in [0.25, 0.3) is 0 Å². The topological polar surface area (TPSA) is 62.9 Å². The van der Waals surface area contributed by atoms with Gasteiger partial charge in [-0.2, -0.15) is 0 Å². The molecular formula is C17H19NO4. The predicted molar refractivity (Wildman–Crippen MR) is 80.8 cm³/mol. The Balaban J connectivity index is 1.92. The highest BCUT2D eigenvalue weighted by Gasteiger charge is 2.37. The Morgan fingerprint density at radius 3 is 2.91 bits per heavy atom. The zero-order valence-corrected chi connectivity index (χ0v) is 12.7. The Hall–Kier alpha value is -2.27. The second kappa shape index (κ2) is 5.85. The number of amides is 1. The Labute approximate surface area is 129 Å². The monoisotopic (exact) mass is 301 g/mol. The number of aliphatic hydroxyl groups is 1. The van der Waals surface area contributed by atoms with Crippen LogP contribution in [0, 0.1) is 6.92 Å². The standard InChI is InChI=1S/C17H19NO4/c1-11-6-7-22-16(11)17(20)18-10-13(19)9-15(18)12-4-3-5-14(8-12)21-2/h3-8,13,15,19H,9-10H2,1-2H3/t13-,15+/m0/s1. The number of rotatable bonds is 3. The molecule has 116 valence electrons. The molecule has 2 aromatic rings. The molecule has 5 heteroatoms. The third-order valence-electron chi connectivity index (χ3n) is 4.07. The lowest BCUT2D eigenvalue weighted by Gasteiger charge is -2.24. The average Bonchev–Trinajstić information content (AvgIpc) is 3.12. The summed E-state index contributed by atoms with van der Waals surface area (Å²) in [5.41, 5.74) is 1.75. The van der Waals surface area contributed by atoms with Crippen LogP contribution in [0.15, 0.2) is 41.0 Å². The lowest BCUT2D eigenvalue weighted by molar-refractivity contribution is 0.0682. The number of hydrogen-bond donors (Lipinski definition) is 1. The van der Waals surface area contributed by atoms with Gasteiger partial charge in [0.2, 0.25) is 0 Å². The van der Waals surface area contributed by atoms with Crippen LogP contribution in [0.5, 0.6) is 5.75 Å². The summed E-state index contributed by atoms with van der Waals surface area (Å²) < 4.78 is 10.5. The number of β-amino-alcohol motifs (C(OH)–C–C–N with tert-alkyl or cyclic N) is 1. The summed E-state index contributed by atoms with van der Waals surface area (Å²) in [7, 11) is 1.61. The molecule has 1 aliphatic heterocycles. The summed E-state index contributed by atoms with van der Waals surface area (Å²) >= 11 is 0. The normalized spacial score (nSPS) is 21.1. The molecule has 1 amide bonds. The van der Waals surface area contributed by atoms with E-state index >= 15 is 0 Å². The van der Waals surface area contributed by atoms with Crippen molar-refractivity contribution >= 4 is 5.91 Å². The van der Waals surface area contributed by atoms with Crippen molar-refractivity contribution in [3.8, 4) is 5.75 Å². The fraction of sp³-hybridized carbons (Fsp3) is 0.353. The Kier molecular flexibility index (Phi) is 3.90. The Morgan fingerprint density at radius 2 is 2.23 bits per heavy atom. The molecule has 0 spiro atoms. The summed E-state index contributed by atoms with van der Waals surface area (Å²) in [6, 6.07) is 9.18. The third-order valence-corrected chi connectivity index (χ3v) is 4.07. The van der Waals surface area contributed by atoms with E-state index in [1.807, 2.05) is 31.2 Å². The van der Waals surface area contributed by atoms with Crippen molar-refractivity contribution in [1.29, 1.82) is 0 Å². The van der Waals surface area contributed by atoms with Crippen molar-refractivity contribution in [2.45, 2.75) is 25.5 Å². The predicted octanol–water partition coefficient (Wildman–Crippen LogP) is 2.54. The first-order chi connectivity index (χ1) is 10.6. The van der Waals surface area contributed by atoms with Crippen LogP contribution in [-0.4, -0.2) is 35.7 Å². The number of likely N-dealkylation sites (tertiary alicyclic amines) is 1. The van der Waals surface area contributed by atoms with Crippen LogP contribution < -0.4 is 4.74 Å². The number of aryl methyl sites for hydroxylation is 1. The minimum Gasteiger partial charge on any atom is -0.497 e. The number of methoxy groups -OCH3 is 1. The van der Waals surface area contributed by atoms with Crippen molar-refractivity contribution in [2.24, 2.45) is 0 Å². The van der Waals surface area contributed by atoms with Gasteiger partial charge in [-0.1, -0.05) is 12.1 Å². The highest BCUT2D eigenvalue weighted by atomic mass is 16.5. The van der Waals surface area contributed by atoms with Crippen molar-refractivity contribution in [1.82, 2.24) is 4.90 Å². The van der Waals surface area contributed by atoms with E-state index in [1.165, 1.54) is 6.26 Å². The number of carbonyl (C=O) groups is 1. The molecule has 0 aliphatic carbocycles. The average molecular weight is 301 g/mol. The van der Waals surface area contributed by atoms with Crippen molar-refractivity contribution in [2.75, 3.05) is 13.7 Å². The summed E-state index contributed by atoms with van der Waals surface area (Å²) in [6.07, 6.45) is 1.49. The molecule has 0 radical (unpaired) electrons. The van der Waals surface area contributed by atoms with E-state index < -0.39 is 6.10 Å². The lowest BCUT2D eigenvalue weighted by Crippen LogP contribution is -2.31. The highest BCUT2D eigenvalue weighted by Crippen LogP contribution is 2.35. The number of furan rings is 1. The number of hydrogen-bond acceptors (Lipinski definition) is 4. The van der Waals surface area contributed by atoms with Gasteiger partial charge in [0.25, 0.3) is 5.91 Å². The molecule has 1 aliphatic rings. The summed E-state index contributed by atoms with van der Waals surface area (Å²) in [4.78, 5) is 14.4. The first kappa shape index (κ1) is 14.7. The van der Waals surface area contributed by atoms with Gasteiger partial charge in [0, 0.05) is 12.1 Å². The molecule has 2 heterocycles. The van der Waals surface area contributed by atoms with Crippen LogP contribution in [0.3, 0.4) is 0 Å². The van der Waals surface area contributed by atoms with Gasteiger partial charge in [-0.05, 0) is 37.1 Å². The summed E-state index contributed by atoms with van der Waals surface area (Å²) in [6.45, 7) is 2.14. The summed E-state index contributed by atoms with van der Waals surface area (Å²) in [5, 5.41) is 10.0. The van der Waals surface area contributed by atoms with E-state index in [9.17, 15) is 9.90 Å². The molecule has 5 nitrogen and oxygen atoms in total. The number of benzene rings is 1. The molecule has 1 aromatic carbocycles. The molecule has 0 unspecified atom stereocenters. The highest BCUT2D eigenvalue weighted by molar-refractivity contribution is 5.93. The molecule has 3 rings (SSSR count). The van der Waals surface area contributed by atoms with Gasteiger partial charge in [0.05, 0.1) is 25.5 Å². The van der Waals surface area contributed by atoms with Crippen molar-refractivity contribution in [3.05, 3.63) is 53.5 Å². The molecule has 1 N–H and O–H groups in total. The molecule has 1 fully saturated rings. The van der Waals surface area contributed by atoms with E-state index in [0.717, 1.165) is 16.9 Å². The zero-order valence-electron chi connectivity index (χ0n) is 12.7. The van der Waals surface area contributed by atoms with Gasteiger partial charge in [0.15, 0.2) is 5.76 Å². The first-order valence-corrected chi connectivity index (χ1v) is 7.27. The van der Waals surface area contributed by atoms with Gasteiger partial charge in [-0.15, -0.1) is 0 Å². The van der Waals surface area contributed by atoms with Gasteiger partial charge in [-0.25, -0.2) is 0 Å². The van der Waals surface area contributed by atoms with Crippen LogP contribution in [0.4, 0.5) is 0 Å². The Bertz CT molecular complexity index is 679. The first-order valence-electron chi connectivity index (χ1n) is 7.27. The third kappa shape index (κ3) is 2.60. The second-order valence-corrected chi connectivity index (χ2v) is 5.57. The fourth-order valence-electron chi connectivity index (χ4n) is 2.93. The Morgan fingerprint density at radius 1 is 1.41 bits per heavy atom. The molecule has 2 atom stereocenters. The molecule has 0 saturated carbocycles.